The maximum absolute atomic E-state index is 16.2. The van der Waals surface area contributed by atoms with E-state index < -0.39 is 67.8 Å². The smallest absolute Gasteiger partial charge is 0.429 e. The fraction of sp³-hybridized carbons (Fsp3) is 0.400. The van der Waals surface area contributed by atoms with Crippen LogP contribution in [-0.4, -0.2) is 53.6 Å². The van der Waals surface area contributed by atoms with Gasteiger partial charge < -0.3 is 18.9 Å². The number of carbonyl (C=O) groups is 1. The molecule has 17 heteroatoms. The molecule has 1 aliphatic heterocycles. The quantitative estimate of drug-likeness (QED) is 0.191. The third-order valence-electron chi connectivity index (χ3n) is 7.04. The lowest BCUT2D eigenvalue weighted by molar-refractivity contribution is -0.0371. The van der Waals surface area contributed by atoms with E-state index in [1.54, 1.807) is 11.6 Å². The van der Waals surface area contributed by atoms with Gasteiger partial charge in [-0.15, -0.1) is 0 Å². The van der Waals surface area contributed by atoms with Gasteiger partial charge in [-0.05, 0) is 75.0 Å². The lowest BCUT2D eigenvalue weighted by Gasteiger charge is -2.28. The number of halogens is 4. The van der Waals surface area contributed by atoms with E-state index in [1.165, 1.54) is 27.0 Å². The Balaban J connectivity index is 1.54. The van der Waals surface area contributed by atoms with Gasteiger partial charge in [-0.3, -0.25) is 0 Å². The van der Waals surface area contributed by atoms with Crippen LogP contribution in [0.4, 0.5) is 23.7 Å². The molecule has 5 rings (SSSR count). The van der Waals surface area contributed by atoms with Crippen LogP contribution in [-0.2, 0) is 26.1 Å². The molecule has 0 aliphatic carbocycles. The van der Waals surface area contributed by atoms with Crippen LogP contribution in [0.2, 0.25) is 0 Å². The van der Waals surface area contributed by atoms with Crippen molar-refractivity contribution in [2.75, 3.05) is 18.0 Å². The molecule has 0 radical (unpaired) electrons. The Morgan fingerprint density at radius 1 is 1.17 bits per heavy atom. The first kappa shape index (κ1) is 34.4. The minimum Gasteiger partial charge on any atom is -0.486 e. The summed E-state index contributed by atoms with van der Waals surface area (Å²) in [5.74, 6) is -4.09. The number of hydrogen-bond donors (Lipinski definition) is 0. The first-order chi connectivity index (χ1) is 22.1. The second-order valence-corrected chi connectivity index (χ2v) is 14.1. The topological polar surface area (TPSA) is 135 Å². The number of hydrogen-bond acceptors (Lipinski definition) is 10. The Morgan fingerprint density at radius 3 is 2.57 bits per heavy atom. The molecule has 3 aromatic heterocycles. The lowest BCUT2D eigenvalue weighted by atomic mass is 10.1. The number of aryl methyl sites for hydroxylation is 1. The van der Waals surface area contributed by atoms with Gasteiger partial charge in [0.1, 0.15) is 29.5 Å². The third-order valence-corrected chi connectivity index (χ3v) is 9.50. The van der Waals surface area contributed by atoms with Gasteiger partial charge >= 0.3 is 6.09 Å². The standard InChI is InChI=1S/C30H31BrF3N5O7S/c1-16-24-25(31)21(14-35-27(24)38(37-16)23-8-6-7-11-44-23)45-15-18-19(33)9-10-20(26(18)34)39(29(40)46-30(2,3)4)47(41,42)22-12-17(32)13-36-28(22)43-5/h9-10,12-14,23H,6-8,11,15H2,1-5H3. The van der Waals surface area contributed by atoms with E-state index in [0.29, 0.717) is 40.1 Å². The van der Waals surface area contributed by atoms with Crippen LogP contribution in [0.25, 0.3) is 11.0 Å². The van der Waals surface area contributed by atoms with Gasteiger partial charge in [-0.25, -0.2) is 41.0 Å². The SMILES string of the molecule is COc1ncc(F)cc1S(=O)(=O)N(C(=O)OC(C)(C)C)c1ccc(F)c(COc2cnc3c(c(C)nn3C3CCCCO3)c2Br)c1F. The fourth-order valence-corrected chi connectivity index (χ4v) is 7.06. The van der Waals surface area contributed by atoms with Crippen LogP contribution in [0.5, 0.6) is 11.6 Å². The van der Waals surface area contributed by atoms with Crippen LogP contribution in [0.3, 0.4) is 0 Å². The summed E-state index contributed by atoms with van der Waals surface area (Å²) in [6.45, 7) is 5.99. The van der Waals surface area contributed by atoms with Crippen molar-refractivity contribution in [1.82, 2.24) is 19.7 Å². The van der Waals surface area contributed by atoms with Gasteiger partial charge in [0.15, 0.2) is 28.3 Å². The summed E-state index contributed by atoms with van der Waals surface area (Å²) in [7, 11) is -4.09. The number of fused-ring (bicyclic) bond motifs is 1. The molecule has 1 fully saturated rings. The van der Waals surface area contributed by atoms with Crippen LogP contribution < -0.4 is 13.8 Å². The van der Waals surface area contributed by atoms with Crippen molar-refractivity contribution in [2.24, 2.45) is 0 Å². The summed E-state index contributed by atoms with van der Waals surface area (Å²) < 4.78 is 97.2. The summed E-state index contributed by atoms with van der Waals surface area (Å²) in [5, 5.41) is 5.18. The number of benzene rings is 1. The average Bonchev–Trinajstić information content (AvgIpc) is 3.35. The number of pyridine rings is 2. The van der Waals surface area contributed by atoms with Crippen molar-refractivity contribution < 1.29 is 45.3 Å². The number of aromatic nitrogens is 4. The maximum Gasteiger partial charge on any atom is 0.429 e. The number of nitrogens with zero attached hydrogens (tertiary/aromatic N) is 5. The summed E-state index contributed by atoms with van der Waals surface area (Å²) in [6, 6.07) is 2.05. The van der Waals surface area contributed by atoms with E-state index in [1.807, 2.05) is 0 Å². The number of methoxy groups -OCH3 is 1. The highest BCUT2D eigenvalue weighted by molar-refractivity contribution is 9.10. The summed E-state index contributed by atoms with van der Waals surface area (Å²) in [6.07, 6.45) is 2.91. The number of ether oxygens (including phenoxy) is 4. The Hall–Kier alpha value is -3.96. The van der Waals surface area contributed by atoms with Crippen molar-refractivity contribution >= 4 is 48.8 Å². The lowest BCUT2D eigenvalue weighted by Crippen LogP contribution is -2.42. The Labute approximate surface area is 277 Å². The molecule has 1 aromatic carbocycles. The first-order valence-corrected chi connectivity index (χ1v) is 16.6. The number of sulfonamides is 1. The van der Waals surface area contributed by atoms with Gasteiger partial charge in [0.2, 0.25) is 5.88 Å². The molecule has 0 N–H and O–H groups in total. The number of anilines is 1. The van der Waals surface area contributed by atoms with Crippen LogP contribution in [0.15, 0.2) is 40.0 Å². The molecular weight excluding hydrogens is 711 g/mol. The van der Waals surface area contributed by atoms with E-state index in [2.05, 4.69) is 31.0 Å². The predicted octanol–water partition coefficient (Wildman–Crippen LogP) is 6.73. The largest absolute Gasteiger partial charge is 0.486 e. The van der Waals surface area contributed by atoms with Crippen LogP contribution in [0.1, 0.15) is 57.5 Å². The summed E-state index contributed by atoms with van der Waals surface area (Å²) in [5.41, 5.74) is -1.74. The molecule has 0 saturated carbocycles. The Morgan fingerprint density at radius 2 is 1.91 bits per heavy atom. The van der Waals surface area contributed by atoms with Crippen molar-refractivity contribution in [3.05, 3.63) is 63.8 Å². The highest BCUT2D eigenvalue weighted by atomic mass is 79.9. The van der Waals surface area contributed by atoms with E-state index in [4.69, 9.17) is 18.9 Å². The van der Waals surface area contributed by atoms with E-state index in [9.17, 15) is 17.6 Å². The molecule has 1 unspecified atom stereocenters. The normalized spacial score (nSPS) is 15.5. The van der Waals surface area contributed by atoms with Crippen molar-refractivity contribution in [1.29, 1.82) is 0 Å². The van der Waals surface area contributed by atoms with Crippen LogP contribution in [0, 0.1) is 24.4 Å². The van der Waals surface area contributed by atoms with Crippen molar-refractivity contribution in [3.8, 4) is 11.6 Å². The molecule has 0 spiro atoms. The molecule has 4 aromatic rings. The molecule has 252 valence electrons. The minimum absolute atomic E-state index is 0.0376. The molecule has 0 bridgehead atoms. The zero-order chi connectivity index (χ0) is 34.3. The second-order valence-electron chi connectivity index (χ2n) is 11.5. The molecule has 4 heterocycles. The fourth-order valence-electron chi connectivity index (χ4n) is 4.93. The van der Waals surface area contributed by atoms with Gasteiger partial charge in [-0.2, -0.15) is 9.40 Å². The average molecular weight is 743 g/mol. The Kier molecular flexibility index (Phi) is 9.71. The van der Waals surface area contributed by atoms with Gasteiger partial charge in [-0.1, -0.05) is 0 Å². The van der Waals surface area contributed by atoms with Gasteiger partial charge in [0.05, 0.1) is 40.6 Å². The molecular formula is C30H31BrF3N5O7S. The zero-order valence-corrected chi connectivity index (χ0v) is 28.4. The molecule has 1 aliphatic rings. The van der Waals surface area contributed by atoms with Gasteiger partial charge in [0, 0.05) is 12.7 Å². The number of amides is 1. The first-order valence-electron chi connectivity index (χ1n) is 14.4. The van der Waals surface area contributed by atoms with Crippen molar-refractivity contribution in [3.63, 3.8) is 0 Å². The van der Waals surface area contributed by atoms with Crippen LogP contribution >= 0.6 is 15.9 Å². The van der Waals surface area contributed by atoms with Gasteiger partial charge in [0.25, 0.3) is 10.0 Å². The molecule has 1 saturated heterocycles. The van der Waals surface area contributed by atoms with E-state index in [0.717, 1.165) is 38.5 Å². The molecule has 1 amide bonds. The number of carbonyl (C=O) groups excluding carboxylic acids is 1. The summed E-state index contributed by atoms with van der Waals surface area (Å²) in [4.78, 5) is 20.5. The number of rotatable bonds is 8. The summed E-state index contributed by atoms with van der Waals surface area (Å²) >= 11 is 3.49. The second kappa shape index (κ2) is 13.3. The third kappa shape index (κ3) is 6.87. The predicted molar refractivity (Wildman–Crippen MR) is 166 cm³/mol. The molecule has 47 heavy (non-hydrogen) atoms. The van der Waals surface area contributed by atoms with Crippen molar-refractivity contribution in [2.45, 2.75) is 70.3 Å². The molecule has 1 atom stereocenters. The van der Waals surface area contributed by atoms with E-state index in [-0.39, 0.29) is 16.3 Å². The molecule has 12 nitrogen and oxygen atoms in total. The highest BCUT2D eigenvalue weighted by Crippen LogP contribution is 2.38. The Bertz CT molecular complexity index is 1950. The minimum atomic E-state index is -5.16. The maximum atomic E-state index is 16.2. The highest BCUT2D eigenvalue weighted by Gasteiger charge is 2.40. The van der Waals surface area contributed by atoms with E-state index >= 15 is 8.78 Å². The monoisotopic (exact) mass is 741 g/mol. The zero-order valence-electron chi connectivity index (χ0n) is 26.0.